The molecule has 0 radical (unpaired) electrons. The van der Waals surface area contributed by atoms with Crippen molar-refractivity contribution in [1.82, 2.24) is 19.6 Å². The van der Waals surface area contributed by atoms with Crippen molar-refractivity contribution in [3.8, 4) is 11.3 Å². The van der Waals surface area contributed by atoms with Crippen LogP contribution in [0.2, 0.25) is 0 Å². The molecular weight excluding hydrogens is 398 g/mol. The zero-order valence-electron chi connectivity index (χ0n) is 18.2. The first-order chi connectivity index (χ1) is 14.2. The Bertz CT molecular complexity index is 1010. The lowest BCUT2D eigenvalue weighted by molar-refractivity contribution is 0.0317. The SMILES string of the molecule is Cc1nc(-c2ccc(N(C)C)cc2)cc([C@H]2CN3CC[C@H]2C[C@@H]3CNS(C)(=O)=O)n1. The van der Waals surface area contributed by atoms with Gasteiger partial charge in [-0.15, -0.1) is 0 Å². The molecule has 1 aromatic heterocycles. The summed E-state index contributed by atoms with van der Waals surface area (Å²) in [5, 5.41) is 0. The van der Waals surface area contributed by atoms with E-state index in [0.717, 1.165) is 54.4 Å². The van der Waals surface area contributed by atoms with Gasteiger partial charge in [-0.25, -0.2) is 23.1 Å². The highest BCUT2D eigenvalue weighted by molar-refractivity contribution is 7.88. The van der Waals surface area contributed by atoms with E-state index in [-0.39, 0.29) is 6.04 Å². The first kappa shape index (κ1) is 21.2. The number of anilines is 1. The second kappa shape index (κ2) is 8.24. The van der Waals surface area contributed by atoms with Crippen molar-refractivity contribution in [1.29, 1.82) is 0 Å². The largest absolute Gasteiger partial charge is 0.378 e. The number of rotatable bonds is 6. The molecule has 2 bridgehead atoms. The van der Waals surface area contributed by atoms with Crippen molar-refractivity contribution in [2.24, 2.45) is 5.92 Å². The second-order valence-corrected chi connectivity index (χ2v) is 10.7. The predicted molar refractivity (Wildman–Crippen MR) is 120 cm³/mol. The van der Waals surface area contributed by atoms with Gasteiger partial charge in [-0.2, -0.15) is 0 Å². The number of benzene rings is 1. The minimum atomic E-state index is -3.16. The van der Waals surface area contributed by atoms with Crippen LogP contribution in [0.4, 0.5) is 5.69 Å². The van der Waals surface area contributed by atoms with Gasteiger partial charge in [0.1, 0.15) is 5.82 Å². The van der Waals surface area contributed by atoms with Gasteiger partial charge in [0.15, 0.2) is 0 Å². The van der Waals surface area contributed by atoms with Crippen molar-refractivity contribution in [3.05, 3.63) is 41.9 Å². The number of nitrogens with zero attached hydrogens (tertiary/aromatic N) is 4. The fourth-order valence-electron chi connectivity index (χ4n) is 4.79. The fraction of sp³-hybridized carbons (Fsp3) is 0.545. The van der Waals surface area contributed by atoms with E-state index in [1.807, 2.05) is 21.0 Å². The molecule has 0 saturated carbocycles. The molecule has 7 nitrogen and oxygen atoms in total. The third-order valence-corrected chi connectivity index (χ3v) is 7.07. The van der Waals surface area contributed by atoms with E-state index in [0.29, 0.717) is 18.4 Å². The smallest absolute Gasteiger partial charge is 0.208 e. The van der Waals surface area contributed by atoms with Crippen LogP contribution in [-0.2, 0) is 10.0 Å². The van der Waals surface area contributed by atoms with Gasteiger partial charge in [-0.1, -0.05) is 12.1 Å². The molecule has 2 aromatic rings. The fourth-order valence-corrected chi connectivity index (χ4v) is 5.29. The highest BCUT2D eigenvalue weighted by Crippen LogP contribution is 2.41. The lowest BCUT2D eigenvalue weighted by atomic mass is 9.74. The summed E-state index contributed by atoms with van der Waals surface area (Å²) >= 11 is 0. The number of aromatic nitrogens is 2. The maximum Gasteiger partial charge on any atom is 0.208 e. The molecule has 1 N–H and O–H groups in total. The number of nitrogens with one attached hydrogen (secondary N) is 1. The monoisotopic (exact) mass is 429 g/mol. The number of aryl methyl sites for hydroxylation is 1. The molecule has 0 aliphatic carbocycles. The van der Waals surface area contributed by atoms with Crippen molar-refractivity contribution >= 4 is 15.7 Å². The predicted octanol–water partition coefficient (Wildman–Crippen LogP) is 2.25. The minimum absolute atomic E-state index is 0.274. The minimum Gasteiger partial charge on any atom is -0.378 e. The summed E-state index contributed by atoms with van der Waals surface area (Å²) in [6, 6.07) is 10.9. The van der Waals surface area contributed by atoms with Crippen molar-refractivity contribution in [2.75, 3.05) is 44.9 Å². The number of hydrogen-bond donors (Lipinski definition) is 1. The highest BCUT2D eigenvalue weighted by Gasteiger charge is 2.41. The average Bonchev–Trinajstić information content (AvgIpc) is 2.71. The Hall–Kier alpha value is -2.03. The van der Waals surface area contributed by atoms with Gasteiger partial charge >= 0.3 is 0 Å². The number of sulfonamides is 1. The van der Waals surface area contributed by atoms with Gasteiger partial charge in [-0.05, 0) is 50.4 Å². The number of hydrogen-bond acceptors (Lipinski definition) is 6. The topological polar surface area (TPSA) is 78.4 Å². The zero-order chi connectivity index (χ0) is 21.5. The Morgan fingerprint density at radius 1 is 1.20 bits per heavy atom. The van der Waals surface area contributed by atoms with Crippen LogP contribution in [0.25, 0.3) is 11.3 Å². The van der Waals surface area contributed by atoms with Crippen LogP contribution in [0.5, 0.6) is 0 Å². The number of piperidine rings is 3. The summed E-state index contributed by atoms with van der Waals surface area (Å²) in [7, 11) is 0.915. The molecule has 8 heteroatoms. The molecule has 162 valence electrons. The third kappa shape index (κ3) is 4.66. The molecule has 3 saturated heterocycles. The average molecular weight is 430 g/mol. The zero-order valence-corrected chi connectivity index (χ0v) is 19.0. The lowest BCUT2D eigenvalue weighted by Crippen LogP contribution is -2.56. The Kier molecular flexibility index (Phi) is 5.83. The molecule has 3 fully saturated rings. The second-order valence-electron chi connectivity index (χ2n) is 8.83. The van der Waals surface area contributed by atoms with Gasteiger partial charge in [0.2, 0.25) is 10.0 Å². The van der Waals surface area contributed by atoms with E-state index < -0.39 is 10.0 Å². The molecule has 0 amide bonds. The quantitative estimate of drug-likeness (QED) is 0.759. The molecule has 0 spiro atoms. The maximum absolute atomic E-state index is 11.5. The van der Waals surface area contributed by atoms with Crippen LogP contribution in [0.3, 0.4) is 0 Å². The van der Waals surface area contributed by atoms with E-state index in [9.17, 15) is 8.42 Å². The normalized spacial score (nSPS) is 26.0. The van der Waals surface area contributed by atoms with Gasteiger partial charge in [-0.3, -0.25) is 4.90 Å². The van der Waals surface area contributed by atoms with Crippen LogP contribution >= 0.6 is 0 Å². The Morgan fingerprint density at radius 2 is 1.93 bits per heavy atom. The van der Waals surface area contributed by atoms with Crippen molar-refractivity contribution in [3.63, 3.8) is 0 Å². The van der Waals surface area contributed by atoms with E-state index in [1.165, 1.54) is 6.26 Å². The number of fused-ring (bicyclic) bond motifs is 3. The van der Waals surface area contributed by atoms with E-state index in [2.05, 4.69) is 44.9 Å². The molecule has 1 aromatic carbocycles. The lowest BCUT2D eigenvalue weighted by Gasteiger charge is -2.49. The molecule has 3 aliphatic rings. The standard InChI is InChI=1S/C22H31N5O2S/c1-15-24-21(16-5-7-18(8-6-16)26(2)3)12-22(25-15)20-14-27-10-9-17(20)11-19(27)13-23-30(4,28)29/h5-8,12,17,19-20,23H,9-11,13-14H2,1-4H3/t17-,19+,20-/m0/s1. The van der Waals surface area contributed by atoms with Gasteiger partial charge in [0.25, 0.3) is 0 Å². The van der Waals surface area contributed by atoms with Crippen LogP contribution < -0.4 is 9.62 Å². The maximum atomic E-state index is 11.5. The van der Waals surface area contributed by atoms with Crippen LogP contribution in [-0.4, -0.2) is 69.3 Å². The summed E-state index contributed by atoms with van der Waals surface area (Å²) in [4.78, 5) is 14.0. The molecule has 5 rings (SSSR count). The summed E-state index contributed by atoms with van der Waals surface area (Å²) in [6.45, 7) is 4.41. The molecule has 30 heavy (non-hydrogen) atoms. The highest BCUT2D eigenvalue weighted by atomic mass is 32.2. The Morgan fingerprint density at radius 3 is 2.53 bits per heavy atom. The van der Waals surface area contributed by atoms with E-state index >= 15 is 0 Å². The molecular formula is C22H31N5O2S. The molecule has 1 unspecified atom stereocenters. The summed E-state index contributed by atoms with van der Waals surface area (Å²) in [5.74, 6) is 1.69. The summed E-state index contributed by atoms with van der Waals surface area (Å²) in [5.41, 5.74) is 4.34. The van der Waals surface area contributed by atoms with Crippen molar-refractivity contribution < 1.29 is 8.42 Å². The van der Waals surface area contributed by atoms with Gasteiger partial charge in [0, 0.05) is 56.1 Å². The third-order valence-electron chi connectivity index (χ3n) is 6.38. The molecule has 3 aliphatic heterocycles. The Labute approximate surface area is 179 Å². The first-order valence-corrected chi connectivity index (χ1v) is 12.4. The van der Waals surface area contributed by atoms with E-state index in [4.69, 9.17) is 9.97 Å². The van der Waals surface area contributed by atoms with Crippen molar-refractivity contribution in [2.45, 2.75) is 31.7 Å². The van der Waals surface area contributed by atoms with E-state index in [1.54, 1.807) is 0 Å². The summed E-state index contributed by atoms with van der Waals surface area (Å²) in [6.07, 6.45) is 3.36. The van der Waals surface area contributed by atoms with Gasteiger partial charge in [0.05, 0.1) is 11.9 Å². The van der Waals surface area contributed by atoms with Crippen LogP contribution in [0.1, 0.15) is 30.3 Å². The first-order valence-electron chi connectivity index (χ1n) is 10.5. The Balaban J connectivity index is 1.54. The molecule has 4 atom stereocenters. The molecule has 4 heterocycles. The van der Waals surface area contributed by atoms with Crippen LogP contribution in [0, 0.1) is 12.8 Å². The van der Waals surface area contributed by atoms with Gasteiger partial charge < -0.3 is 4.90 Å². The summed E-state index contributed by atoms with van der Waals surface area (Å²) < 4.78 is 25.7. The van der Waals surface area contributed by atoms with Crippen LogP contribution in [0.15, 0.2) is 30.3 Å².